The molecule has 5 nitrogen and oxygen atoms in total. The normalized spacial score (nSPS) is 17.9. The number of carbonyl (C=O) groups excluding carboxylic acids is 1. The van der Waals surface area contributed by atoms with Crippen molar-refractivity contribution in [2.75, 3.05) is 18.4 Å². The number of aromatic nitrogens is 2. The van der Waals surface area contributed by atoms with Crippen molar-refractivity contribution in [3.8, 4) is 11.3 Å². The average Bonchev–Trinajstić information content (AvgIpc) is 3.36. The number of likely N-dealkylation sites (tertiary alicyclic amines) is 1. The minimum atomic E-state index is 0.0506. The van der Waals surface area contributed by atoms with Gasteiger partial charge in [0.05, 0.1) is 11.6 Å². The van der Waals surface area contributed by atoms with E-state index in [1.54, 1.807) is 17.5 Å². The highest BCUT2D eigenvalue weighted by atomic mass is 32.1. The van der Waals surface area contributed by atoms with E-state index >= 15 is 0 Å². The predicted molar refractivity (Wildman–Crippen MR) is 105 cm³/mol. The molecule has 2 aromatic heterocycles. The fourth-order valence-corrected chi connectivity index (χ4v) is 4.11. The van der Waals surface area contributed by atoms with Crippen LogP contribution in [0.2, 0.25) is 0 Å². The van der Waals surface area contributed by atoms with E-state index < -0.39 is 0 Å². The number of H-pyrrole nitrogens is 1. The average molecular weight is 366 g/mol. The van der Waals surface area contributed by atoms with Gasteiger partial charge in [-0.2, -0.15) is 16.4 Å². The standard InChI is InChI=1S/C20H22N4OS/c25-20(17-2-1-10-24(13-17)12-15-8-11-26-14-15)22-18-5-3-16(4-6-18)19-7-9-21-23-19/h3-9,11,14,17H,1-2,10,12-13H2,(H,21,23)(H,22,25)/t17-/m0/s1. The molecule has 6 heteroatoms. The fraction of sp³-hybridized carbons (Fsp3) is 0.300. The summed E-state index contributed by atoms with van der Waals surface area (Å²) >= 11 is 1.73. The van der Waals surface area contributed by atoms with Crippen molar-refractivity contribution in [3.63, 3.8) is 0 Å². The van der Waals surface area contributed by atoms with E-state index in [0.29, 0.717) is 0 Å². The van der Waals surface area contributed by atoms with E-state index in [4.69, 9.17) is 0 Å². The SMILES string of the molecule is O=C(Nc1ccc(-c2ccn[nH]2)cc1)[C@H]1CCCN(Cc2ccsc2)C1. The quantitative estimate of drug-likeness (QED) is 0.718. The Hall–Kier alpha value is -2.44. The lowest BCUT2D eigenvalue weighted by Gasteiger charge is -2.31. The van der Waals surface area contributed by atoms with Crippen molar-refractivity contribution >= 4 is 22.9 Å². The number of carbonyl (C=O) groups is 1. The summed E-state index contributed by atoms with van der Waals surface area (Å²) in [5.74, 6) is 0.170. The monoisotopic (exact) mass is 366 g/mol. The smallest absolute Gasteiger partial charge is 0.228 e. The van der Waals surface area contributed by atoms with E-state index in [9.17, 15) is 4.79 Å². The Morgan fingerprint density at radius 1 is 1.27 bits per heavy atom. The van der Waals surface area contributed by atoms with Gasteiger partial charge in [-0.3, -0.25) is 14.8 Å². The summed E-state index contributed by atoms with van der Waals surface area (Å²) in [6.45, 7) is 2.83. The molecule has 1 fully saturated rings. The van der Waals surface area contributed by atoms with E-state index in [-0.39, 0.29) is 11.8 Å². The third kappa shape index (κ3) is 4.03. The molecule has 1 atom stereocenters. The maximum atomic E-state index is 12.7. The van der Waals surface area contributed by atoms with E-state index in [2.05, 4.69) is 37.2 Å². The zero-order chi connectivity index (χ0) is 17.8. The molecule has 1 aromatic carbocycles. The van der Waals surface area contributed by atoms with Gasteiger partial charge >= 0.3 is 0 Å². The lowest BCUT2D eigenvalue weighted by Crippen LogP contribution is -2.40. The van der Waals surface area contributed by atoms with Gasteiger partial charge in [0.15, 0.2) is 0 Å². The van der Waals surface area contributed by atoms with Crippen LogP contribution in [0.3, 0.4) is 0 Å². The zero-order valence-electron chi connectivity index (χ0n) is 14.5. The number of nitrogens with one attached hydrogen (secondary N) is 2. The Morgan fingerprint density at radius 3 is 2.88 bits per heavy atom. The summed E-state index contributed by atoms with van der Waals surface area (Å²) in [5, 5.41) is 14.3. The number of nitrogens with zero attached hydrogens (tertiary/aromatic N) is 2. The molecular weight excluding hydrogens is 344 g/mol. The van der Waals surface area contributed by atoms with Crippen LogP contribution >= 0.6 is 11.3 Å². The first kappa shape index (κ1) is 17.0. The molecule has 1 amide bonds. The number of anilines is 1. The Morgan fingerprint density at radius 2 is 2.15 bits per heavy atom. The highest BCUT2D eigenvalue weighted by Gasteiger charge is 2.25. The van der Waals surface area contributed by atoms with Crippen LogP contribution in [0.15, 0.2) is 53.4 Å². The van der Waals surface area contributed by atoms with Crippen LogP contribution in [-0.4, -0.2) is 34.1 Å². The Balaban J connectivity index is 1.35. The molecule has 1 saturated heterocycles. The largest absolute Gasteiger partial charge is 0.326 e. The Labute approximate surface area is 157 Å². The van der Waals surface area contributed by atoms with Crippen molar-refractivity contribution in [3.05, 3.63) is 58.9 Å². The van der Waals surface area contributed by atoms with Gasteiger partial charge in [0, 0.05) is 25.0 Å². The number of benzene rings is 1. The van der Waals surface area contributed by atoms with Crippen LogP contribution in [0, 0.1) is 5.92 Å². The highest BCUT2D eigenvalue weighted by Crippen LogP contribution is 2.23. The molecule has 0 unspecified atom stereocenters. The zero-order valence-corrected chi connectivity index (χ0v) is 15.3. The first-order chi connectivity index (χ1) is 12.8. The molecule has 0 spiro atoms. The first-order valence-corrected chi connectivity index (χ1v) is 9.86. The lowest BCUT2D eigenvalue weighted by molar-refractivity contribution is -0.121. The number of aromatic amines is 1. The van der Waals surface area contributed by atoms with Crippen molar-refractivity contribution in [2.45, 2.75) is 19.4 Å². The fourth-order valence-electron chi connectivity index (χ4n) is 3.45. The number of hydrogen-bond donors (Lipinski definition) is 2. The van der Waals surface area contributed by atoms with Crippen molar-refractivity contribution < 1.29 is 4.79 Å². The molecule has 3 aromatic rings. The second-order valence-corrected chi connectivity index (χ2v) is 7.52. The van der Waals surface area contributed by atoms with Gasteiger partial charge in [-0.05, 0) is 65.5 Å². The minimum Gasteiger partial charge on any atom is -0.326 e. The van der Waals surface area contributed by atoms with Gasteiger partial charge < -0.3 is 5.32 Å². The summed E-state index contributed by atoms with van der Waals surface area (Å²) in [6.07, 6.45) is 3.76. The molecule has 134 valence electrons. The van der Waals surface area contributed by atoms with E-state index in [1.165, 1.54) is 5.56 Å². The molecule has 0 bridgehead atoms. The molecule has 0 aliphatic carbocycles. The summed E-state index contributed by atoms with van der Waals surface area (Å²) in [6, 6.07) is 12.0. The minimum absolute atomic E-state index is 0.0506. The second-order valence-electron chi connectivity index (χ2n) is 6.74. The molecule has 1 aliphatic heterocycles. The molecule has 1 aliphatic rings. The van der Waals surface area contributed by atoms with Gasteiger partial charge in [-0.15, -0.1) is 0 Å². The second kappa shape index (κ2) is 7.85. The number of rotatable bonds is 5. The highest BCUT2D eigenvalue weighted by molar-refractivity contribution is 7.07. The van der Waals surface area contributed by atoms with Crippen LogP contribution in [-0.2, 0) is 11.3 Å². The van der Waals surface area contributed by atoms with Crippen LogP contribution in [0.25, 0.3) is 11.3 Å². The molecule has 0 saturated carbocycles. The summed E-state index contributed by atoms with van der Waals surface area (Å²) in [4.78, 5) is 15.1. The van der Waals surface area contributed by atoms with Gasteiger partial charge in [0.25, 0.3) is 0 Å². The van der Waals surface area contributed by atoms with Gasteiger partial charge in [0.1, 0.15) is 0 Å². The van der Waals surface area contributed by atoms with Crippen molar-refractivity contribution in [1.29, 1.82) is 0 Å². The first-order valence-electron chi connectivity index (χ1n) is 8.92. The van der Waals surface area contributed by atoms with Crippen molar-refractivity contribution in [1.82, 2.24) is 15.1 Å². The van der Waals surface area contributed by atoms with E-state index in [0.717, 1.165) is 49.4 Å². The summed E-state index contributed by atoms with van der Waals surface area (Å²) < 4.78 is 0. The third-order valence-electron chi connectivity index (χ3n) is 4.83. The van der Waals surface area contributed by atoms with Gasteiger partial charge in [0.2, 0.25) is 5.91 Å². The lowest BCUT2D eigenvalue weighted by atomic mass is 9.96. The molecule has 4 rings (SSSR count). The van der Waals surface area contributed by atoms with Crippen LogP contribution in [0.5, 0.6) is 0 Å². The summed E-state index contributed by atoms with van der Waals surface area (Å²) in [5.41, 5.74) is 4.21. The number of hydrogen-bond acceptors (Lipinski definition) is 4. The number of amides is 1. The number of piperidine rings is 1. The molecule has 2 N–H and O–H groups in total. The predicted octanol–water partition coefficient (Wildman–Crippen LogP) is 3.99. The van der Waals surface area contributed by atoms with Crippen LogP contribution in [0.4, 0.5) is 5.69 Å². The van der Waals surface area contributed by atoms with Crippen molar-refractivity contribution in [2.24, 2.45) is 5.92 Å². The number of thiophene rings is 1. The van der Waals surface area contributed by atoms with Gasteiger partial charge in [-0.1, -0.05) is 12.1 Å². The molecular formula is C20H22N4OS. The van der Waals surface area contributed by atoms with E-state index in [1.807, 2.05) is 30.3 Å². The van der Waals surface area contributed by atoms with Gasteiger partial charge in [-0.25, -0.2) is 0 Å². The topological polar surface area (TPSA) is 61.0 Å². The Kier molecular flexibility index (Phi) is 5.13. The molecule has 26 heavy (non-hydrogen) atoms. The molecule has 0 radical (unpaired) electrons. The van der Waals surface area contributed by atoms with Crippen LogP contribution in [0.1, 0.15) is 18.4 Å². The summed E-state index contributed by atoms with van der Waals surface area (Å²) in [7, 11) is 0. The third-order valence-corrected chi connectivity index (χ3v) is 5.56. The maximum absolute atomic E-state index is 12.7. The molecule has 3 heterocycles. The Bertz CT molecular complexity index is 827. The maximum Gasteiger partial charge on any atom is 0.228 e. The van der Waals surface area contributed by atoms with Crippen LogP contribution < -0.4 is 5.32 Å².